The molecule has 3 aromatic rings. The zero-order valence-corrected chi connectivity index (χ0v) is 19.5. The highest BCUT2D eigenvalue weighted by molar-refractivity contribution is 7.87. The fourth-order valence-corrected chi connectivity index (χ4v) is 4.12. The van der Waals surface area contributed by atoms with Gasteiger partial charge in [-0.2, -0.15) is 8.42 Å². The summed E-state index contributed by atoms with van der Waals surface area (Å²) >= 11 is 0. The number of carbonyl (C=O) groups excluding carboxylic acids is 2. The van der Waals surface area contributed by atoms with E-state index in [1.165, 1.54) is 43.5 Å². The summed E-state index contributed by atoms with van der Waals surface area (Å²) in [6.07, 6.45) is 0. The van der Waals surface area contributed by atoms with Crippen LogP contribution in [0.15, 0.2) is 83.8 Å². The number of methoxy groups -OCH3 is 1. The van der Waals surface area contributed by atoms with Crippen LogP contribution in [0.5, 0.6) is 5.75 Å². The summed E-state index contributed by atoms with van der Waals surface area (Å²) in [6, 6.07) is 19.6. The van der Waals surface area contributed by atoms with E-state index in [2.05, 4.69) is 0 Å². The van der Waals surface area contributed by atoms with Crippen molar-refractivity contribution in [3.8, 4) is 5.75 Å². The Balaban J connectivity index is 1.74. The van der Waals surface area contributed by atoms with Crippen LogP contribution < -0.4 is 9.92 Å². The molecule has 0 amide bonds. The first-order chi connectivity index (χ1) is 16.2. The van der Waals surface area contributed by atoms with Crippen molar-refractivity contribution >= 4 is 22.1 Å². The molecular formula is C25H25NO7S. The third-order valence-electron chi connectivity index (χ3n) is 5.07. The number of carbonyl (C=O) groups is 2. The van der Waals surface area contributed by atoms with Crippen LogP contribution >= 0.6 is 0 Å². The summed E-state index contributed by atoms with van der Waals surface area (Å²) in [5.41, 5.74) is 8.09. The minimum atomic E-state index is -4.04. The van der Waals surface area contributed by atoms with E-state index in [1.807, 2.05) is 25.1 Å². The lowest BCUT2D eigenvalue weighted by molar-refractivity contribution is -0.153. The molecule has 9 heteroatoms. The van der Waals surface area contributed by atoms with Crippen molar-refractivity contribution in [2.75, 3.05) is 7.11 Å². The Labute approximate surface area is 198 Å². The van der Waals surface area contributed by atoms with Crippen LogP contribution in [0.25, 0.3) is 0 Å². The summed E-state index contributed by atoms with van der Waals surface area (Å²) in [5.74, 6) is -2.63. The minimum absolute atomic E-state index is 0.00487. The molecule has 3 rings (SSSR count). The number of rotatable bonds is 9. The molecular weight excluding hydrogens is 458 g/mol. The van der Waals surface area contributed by atoms with Crippen molar-refractivity contribution < 1.29 is 31.7 Å². The monoisotopic (exact) mass is 483 g/mol. The molecule has 0 bridgehead atoms. The van der Waals surface area contributed by atoms with Crippen LogP contribution in [0.2, 0.25) is 0 Å². The standard InChI is InChI=1S/C25H25NO7S/c1-17-8-14-21(15-9-17)34(29,30)33-20-12-10-19(11-13-20)22(24(27)31-2)23(26)25(28)32-16-18-6-4-3-5-7-18/h3-15,22-23H,16,26H2,1-2H3. The number of aryl methyl sites for hydroxylation is 1. The Morgan fingerprint density at radius 3 is 2.09 bits per heavy atom. The van der Waals surface area contributed by atoms with Crippen LogP contribution in [0.3, 0.4) is 0 Å². The van der Waals surface area contributed by atoms with Gasteiger partial charge in [-0.25, -0.2) is 0 Å². The molecule has 0 aliphatic heterocycles. The Hall–Kier alpha value is -3.69. The van der Waals surface area contributed by atoms with E-state index >= 15 is 0 Å². The van der Waals surface area contributed by atoms with Gasteiger partial charge in [0.1, 0.15) is 29.2 Å². The number of esters is 2. The highest BCUT2D eigenvalue weighted by Crippen LogP contribution is 2.26. The Morgan fingerprint density at radius 2 is 1.50 bits per heavy atom. The van der Waals surface area contributed by atoms with Gasteiger partial charge < -0.3 is 19.4 Å². The molecule has 2 atom stereocenters. The van der Waals surface area contributed by atoms with Gasteiger partial charge in [-0.1, -0.05) is 60.2 Å². The van der Waals surface area contributed by atoms with E-state index in [0.29, 0.717) is 5.56 Å². The van der Waals surface area contributed by atoms with Crippen molar-refractivity contribution in [1.29, 1.82) is 0 Å². The summed E-state index contributed by atoms with van der Waals surface area (Å²) in [4.78, 5) is 25.0. The maximum atomic E-state index is 12.5. The van der Waals surface area contributed by atoms with Gasteiger partial charge >= 0.3 is 22.1 Å². The Bertz CT molecular complexity index is 1220. The second kappa shape index (κ2) is 11.0. The van der Waals surface area contributed by atoms with E-state index in [9.17, 15) is 18.0 Å². The predicted molar refractivity (Wildman–Crippen MR) is 124 cm³/mol. The van der Waals surface area contributed by atoms with E-state index in [4.69, 9.17) is 19.4 Å². The fourth-order valence-electron chi connectivity index (χ4n) is 3.19. The molecule has 8 nitrogen and oxygen atoms in total. The van der Waals surface area contributed by atoms with E-state index in [0.717, 1.165) is 11.1 Å². The number of ether oxygens (including phenoxy) is 2. The molecule has 34 heavy (non-hydrogen) atoms. The number of nitrogens with two attached hydrogens (primary N) is 1. The van der Waals surface area contributed by atoms with E-state index in [1.54, 1.807) is 24.3 Å². The summed E-state index contributed by atoms with van der Waals surface area (Å²) < 4.78 is 40.3. The highest BCUT2D eigenvalue weighted by Gasteiger charge is 2.34. The zero-order valence-electron chi connectivity index (χ0n) is 18.7. The maximum absolute atomic E-state index is 12.5. The van der Waals surface area contributed by atoms with E-state index in [-0.39, 0.29) is 17.3 Å². The summed E-state index contributed by atoms with van der Waals surface area (Å²) in [5, 5.41) is 0. The Morgan fingerprint density at radius 1 is 0.882 bits per heavy atom. The lowest BCUT2D eigenvalue weighted by atomic mass is 9.92. The summed E-state index contributed by atoms with van der Waals surface area (Å²) in [6.45, 7) is 1.85. The van der Waals surface area contributed by atoms with Crippen molar-refractivity contribution in [2.45, 2.75) is 30.4 Å². The topological polar surface area (TPSA) is 122 Å². The largest absolute Gasteiger partial charge is 0.468 e. The molecule has 0 aliphatic carbocycles. The SMILES string of the molecule is COC(=O)C(c1ccc(OS(=O)(=O)c2ccc(C)cc2)cc1)C(N)C(=O)OCc1ccccc1. The molecule has 2 N–H and O–H groups in total. The molecule has 0 spiro atoms. The lowest BCUT2D eigenvalue weighted by Crippen LogP contribution is -2.42. The maximum Gasteiger partial charge on any atom is 0.339 e. The highest BCUT2D eigenvalue weighted by atomic mass is 32.2. The first-order valence-corrected chi connectivity index (χ1v) is 11.8. The van der Waals surface area contributed by atoms with Crippen molar-refractivity contribution in [1.82, 2.24) is 0 Å². The van der Waals surface area contributed by atoms with Crippen LogP contribution in [0.4, 0.5) is 0 Å². The van der Waals surface area contributed by atoms with Crippen molar-refractivity contribution in [3.05, 3.63) is 95.6 Å². The quantitative estimate of drug-likeness (QED) is 0.364. The van der Waals surface area contributed by atoms with Crippen LogP contribution in [0, 0.1) is 6.92 Å². The van der Waals surface area contributed by atoms with E-state index < -0.39 is 34.0 Å². The Kier molecular flexibility index (Phi) is 8.04. The van der Waals surface area contributed by atoms with Gasteiger partial charge in [0.15, 0.2) is 0 Å². The summed E-state index contributed by atoms with van der Waals surface area (Å²) in [7, 11) is -2.85. The number of hydrogen-bond acceptors (Lipinski definition) is 8. The van der Waals surface area contributed by atoms with Gasteiger partial charge in [-0.15, -0.1) is 0 Å². The fraction of sp³-hybridized carbons (Fsp3) is 0.200. The molecule has 178 valence electrons. The first kappa shape index (κ1) is 24.9. The van der Waals surface area contributed by atoms with Gasteiger partial charge in [0.05, 0.1) is 7.11 Å². The first-order valence-electron chi connectivity index (χ1n) is 10.4. The smallest absolute Gasteiger partial charge is 0.339 e. The number of benzene rings is 3. The van der Waals surface area contributed by atoms with Crippen LogP contribution in [0.1, 0.15) is 22.6 Å². The molecule has 0 aliphatic rings. The predicted octanol–water partition coefficient (Wildman–Crippen LogP) is 3.09. The third kappa shape index (κ3) is 6.21. The van der Waals surface area contributed by atoms with Crippen molar-refractivity contribution in [2.24, 2.45) is 5.73 Å². The second-order valence-corrected chi connectivity index (χ2v) is 9.09. The molecule has 0 radical (unpaired) electrons. The minimum Gasteiger partial charge on any atom is -0.468 e. The van der Waals surface area contributed by atoms with Gasteiger partial charge in [0.2, 0.25) is 0 Å². The van der Waals surface area contributed by atoms with Gasteiger partial charge in [-0.3, -0.25) is 9.59 Å². The lowest BCUT2D eigenvalue weighted by Gasteiger charge is -2.21. The zero-order chi connectivity index (χ0) is 24.7. The molecule has 0 heterocycles. The normalized spacial score (nSPS) is 12.9. The number of hydrogen-bond donors (Lipinski definition) is 1. The molecule has 0 saturated carbocycles. The molecule has 3 aromatic carbocycles. The second-order valence-electron chi connectivity index (χ2n) is 7.54. The molecule has 0 fully saturated rings. The molecule has 2 unspecified atom stereocenters. The van der Waals surface area contributed by atoms with Crippen molar-refractivity contribution in [3.63, 3.8) is 0 Å². The average Bonchev–Trinajstić information content (AvgIpc) is 2.84. The van der Waals surface area contributed by atoms with Gasteiger partial charge in [0.25, 0.3) is 0 Å². The van der Waals surface area contributed by atoms with Gasteiger partial charge in [-0.05, 0) is 42.3 Å². The van der Waals surface area contributed by atoms with Crippen LogP contribution in [-0.4, -0.2) is 33.5 Å². The molecule has 0 aromatic heterocycles. The average molecular weight is 484 g/mol. The molecule has 0 saturated heterocycles. The third-order valence-corrected chi connectivity index (χ3v) is 6.33. The van der Waals surface area contributed by atoms with Crippen LogP contribution in [-0.2, 0) is 35.8 Å². The van der Waals surface area contributed by atoms with Gasteiger partial charge in [0, 0.05) is 0 Å².